The molecule has 0 fully saturated rings. The van der Waals surface area contributed by atoms with Crippen LogP contribution in [0.3, 0.4) is 0 Å². The minimum absolute atomic E-state index is 0.162. The van der Waals surface area contributed by atoms with Gasteiger partial charge in [0.2, 0.25) is 0 Å². The van der Waals surface area contributed by atoms with Crippen LogP contribution in [0, 0.1) is 5.92 Å². The third kappa shape index (κ3) is 3.40. The van der Waals surface area contributed by atoms with Gasteiger partial charge >= 0.3 is 0 Å². The Kier molecular flexibility index (Phi) is 4.37. The molecule has 0 aromatic heterocycles. The molecule has 0 spiro atoms. The second kappa shape index (κ2) is 5.36. The molecule has 0 aromatic rings. The zero-order valence-electron chi connectivity index (χ0n) is 8.00. The first-order chi connectivity index (χ1) is 5.83. The van der Waals surface area contributed by atoms with Crippen LogP contribution in [-0.4, -0.2) is 11.2 Å². The van der Waals surface area contributed by atoms with Crippen molar-refractivity contribution in [3.8, 4) is 0 Å². The third-order valence-corrected chi connectivity index (χ3v) is 2.62. The van der Waals surface area contributed by atoms with E-state index < -0.39 is 0 Å². The standard InChI is InChI=1S/C11H20O/c1-2-3-4-6-10-7-5-8-11(12)9-10/h5,8,10-12H,2-4,6-7,9H2,1H3/i5+1,7+1,8+1,9+1,10+1,11+1. The quantitative estimate of drug-likeness (QED) is 0.394. The summed E-state index contributed by atoms with van der Waals surface area (Å²) in [7, 11) is 0. The first-order valence-corrected chi connectivity index (χ1v) is 5.17. The van der Waals surface area contributed by atoms with Crippen LogP contribution in [0.4, 0.5) is 0 Å². The van der Waals surface area contributed by atoms with Gasteiger partial charge in [-0.25, -0.2) is 0 Å². The molecule has 0 bridgehead atoms. The van der Waals surface area contributed by atoms with Gasteiger partial charge in [-0.05, 0) is 18.8 Å². The van der Waals surface area contributed by atoms with Crippen LogP contribution in [0.2, 0.25) is 0 Å². The fraction of sp³-hybridized carbons (Fsp3) is 0.818. The minimum Gasteiger partial charge on any atom is -0.389 e. The molecule has 1 nitrogen and oxygen atoms in total. The topological polar surface area (TPSA) is 20.2 Å². The molecule has 2 unspecified atom stereocenters. The van der Waals surface area contributed by atoms with Crippen molar-refractivity contribution in [2.45, 2.75) is 51.6 Å². The van der Waals surface area contributed by atoms with Crippen molar-refractivity contribution in [2.24, 2.45) is 5.92 Å². The van der Waals surface area contributed by atoms with Crippen molar-refractivity contribution in [2.75, 3.05) is 0 Å². The Morgan fingerprint density at radius 3 is 2.92 bits per heavy atom. The molecule has 0 amide bonds. The second-order valence-electron chi connectivity index (χ2n) is 3.83. The Hall–Kier alpha value is -0.300. The van der Waals surface area contributed by atoms with E-state index in [1.165, 1.54) is 32.1 Å². The lowest BCUT2D eigenvalue weighted by molar-refractivity contribution is 0.174. The SMILES string of the molecule is CCCCC[13CH]1[13CH2][13CH]=[13CH][13CH](O)[13CH2]1. The molecule has 1 rings (SSSR count). The summed E-state index contributed by atoms with van der Waals surface area (Å²) >= 11 is 0. The zero-order chi connectivity index (χ0) is 8.81. The van der Waals surface area contributed by atoms with E-state index in [1.54, 1.807) is 0 Å². The molecule has 0 aromatic carbocycles. The summed E-state index contributed by atoms with van der Waals surface area (Å²) in [5, 5.41) is 9.35. The largest absolute Gasteiger partial charge is 0.389 e. The molecule has 12 heavy (non-hydrogen) atoms. The lowest BCUT2D eigenvalue weighted by Gasteiger charge is -2.20. The van der Waals surface area contributed by atoms with Gasteiger partial charge in [-0.1, -0.05) is 44.8 Å². The lowest BCUT2D eigenvalue weighted by Crippen LogP contribution is -2.14. The Morgan fingerprint density at radius 2 is 2.25 bits per heavy atom. The van der Waals surface area contributed by atoms with Crippen molar-refractivity contribution in [1.29, 1.82) is 0 Å². The Balaban J connectivity index is 2.12. The molecule has 0 saturated heterocycles. The maximum Gasteiger partial charge on any atom is 0.0723 e. The van der Waals surface area contributed by atoms with Crippen LogP contribution < -0.4 is 0 Å². The summed E-state index contributed by atoms with van der Waals surface area (Å²) in [5.74, 6) is 0.747. The van der Waals surface area contributed by atoms with Crippen LogP contribution in [-0.2, 0) is 0 Å². The minimum atomic E-state index is -0.162. The summed E-state index contributed by atoms with van der Waals surface area (Å²) < 4.78 is 0. The van der Waals surface area contributed by atoms with Crippen molar-refractivity contribution < 1.29 is 5.11 Å². The second-order valence-corrected chi connectivity index (χ2v) is 3.83. The fourth-order valence-corrected chi connectivity index (χ4v) is 1.86. The summed E-state index contributed by atoms with van der Waals surface area (Å²) in [6.45, 7) is 2.23. The number of aliphatic hydroxyl groups is 1. The summed E-state index contributed by atoms with van der Waals surface area (Å²) in [6.07, 6.45) is 11.3. The van der Waals surface area contributed by atoms with Gasteiger partial charge < -0.3 is 5.11 Å². The number of rotatable bonds is 4. The van der Waals surface area contributed by atoms with E-state index in [1.807, 2.05) is 6.08 Å². The molecule has 1 heteroatoms. The fourth-order valence-electron chi connectivity index (χ4n) is 1.86. The molecule has 0 heterocycles. The van der Waals surface area contributed by atoms with E-state index in [4.69, 9.17) is 0 Å². The van der Waals surface area contributed by atoms with E-state index in [0.29, 0.717) is 0 Å². The lowest BCUT2D eigenvalue weighted by atomic mass is 10.2. The van der Waals surface area contributed by atoms with E-state index >= 15 is 0 Å². The van der Waals surface area contributed by atoms with Crippen molar-refractivity contribution >= 4 is 0 Å². The molecule has 0 aliphatic heterocycles. The van der Waals surface area contributed by atoms with Crippen LogP contribution in [0.1, 0.15) is 45.4 Å². The molecule has 1 N–H and O–H groups in total. The summed E-state index contributed by atoms with van der Waals surface area (Å²) in [4.78, 5) is 0. The van der Waals surface area contributed by atoms with Crippen LogP contribution in [0.15, 0.2) is 12.2 Å². The van der Waals surface area contributed by atoms with Crippen LogP contribution in [0.25, 0.3) is 0 Å². The highest BCUT2D eigenvalue weighted by atomic mass is 16.4. The van der Waals surface area contributed by atoms with Gasteiger partial charge in [-0.2, -0.15) is 0 Å². The maximum atomic E-state index is 9.35. The summed E-state index contributed by atoms with van der Waals surface area (Å²) in [6, 6.07) is 0. The number of allylic oxidation sites excluding steroid dienone is 1. The third-order valence-electron chi connectivity index (χ3n) is 2.62. The molecular weight excluding hydrogens is 154 g/mol. The average molecular weight is 174 g/mol. The van der Waals surface area contributed by atoms with Gasteiger partial charge in [0.25, 0.3) is 0 Å². The Morgan fingerprint density at radius 1 is 1.42 bits per heavy atom. The monoisotopic (exact) mass is 174 g/mol. The van der Waals surface area contributed by atoms with Gasteiger partial charge in [0.05, 0.1) is 6.10 Å². The predicted molar refractivity (Wildman–Crippen MR) is 52.0 cm³/mol. The highest BCUT2D eigenvalue weighted by molar-refractivity contribution is 4.96. The molecule has 0 radical (unpaired) electrons. The molecule has 70 valence electrons. The van der Waals surface area contributed by atoms with E-state index in [-0.39, 0.29) is 6.10 Å². The van der Waals surface area contributed by atoms with Crippen molar-refractivity contribution in [3.63, 3.8) is 0 Å². The molecule has 1 aliphatic carbocycles. The van der Waals surface area contributed by atoms with Crippen molar-refractivity contribution in [3.05, 3.63) is 12.2 Å². The number of unbranched alkanes of at least 4 members (excludes halogenated alkanes) is 2. The average Bonchev–Trinajstić information content (AvgIpc) is 2.05. The molecular formula is C11H20O. The molecule has 0 saturated carbocycles. The Bertz CT molecular complexity index is 140. The first-order valence-electron chi connectivity index (χ1n) is 5.17. The van der Waals surface area contributed by atoms with Gasteiger partial charge in [0, 0.05) is 0 Å². The van der Waals surface area contributed by atoms with Gasteiger partial charge in [0.15, 0.2) is 0 Å². The highest BCUT2D eigenvalue weighted by Gasteiger charge is 2.14. The first kappa shape index (κ1) is 9.79. The maximum absolute atomic E-state index is 9.35. The zero-order valence-corrected chi connectivity index (χ0v) is 8.00. The van der Waals surface area contributed by atoms with E-state index in [0.717, 1.165) is 12.3 Å². The highest BCUT2D eigenvalue weighted by Crippen LogP contribution is 2.23. The van der Waals surface area contributed by atoms with Gasteiger partial charge in [-0.3, -0.25) is 0 Å². The molecule has 1 aliphatic rings. The van der Waals surface area contributed by atoms with Crippen LogP contribution in [0.5, 0.6) is 0 Å². The normalized spacial score (nSPS) is 29.2. The number of hydrogen-bond acceptors (Lipinski definition) is 1. The smallest absolute Gasteiger partial charge is 0.0723 e. The summed E-state index contributed by atoms with van der Waals surface area (Å²) in [5.41, 5.74) is 0. The van der Waals surface area contributed by atoms with Crippen molar-refractivity contribution in [1.82, 2.24) is 0 Å². The van der Waals surface area contributed by atoms with Gasteiger partial charge in [-0.15, -0.1) is 0 Å². The predicted octanol–water partition coefficient (Wildman–Crippen LogP) is 2.89. The Labute approximate surface area is 75.5 Å². The number of hydrogen-bond donors (Lipinski definition) is 1. The van der Waals surface area contributed by atoms with Gasteiger partial charge in [0.1, 0.15) is 0 Å². The van der Waals surface area contributed by atoms with E-state index in [2.05, 4.69) is 13.0 Å². The number of aliphatic hydroxyl groups excluding tert-OH is 1. The van der Waals surface area contributed by atoms with E-state index in [9.17, 15) is 5.11 Å². The molecule has 2 atom stereocenters. The van der Waals surface area contributed by atoms with Crippen LogP contribution >= 0.6 is 0 Å².